The number of fused-ring (bicyclic) bond motifs is 1. The van der Waals surface area contributed by atoms with Gasteiger partial charge in [-0.15, -0.1) is 23.1 Å². The van der Waals surface area contributed by atoms with Gasteiger partial charge in [-0.2, -0.15) is 5.26 Å². The van der Waals surface area contributed by atoms with Crippen LogP contribution in [-0.2, 0) is 34.3 Å². The maximum absolute atomic E-state index is 14.2. The number of carbonyl (C=O) groups excluding carboxylic acids is 3. The minimum absolute atomic E-state index is 0.0879. The lowest BCUT2D eigenvalue weighted by molar-refractivity contribution is -0.179. The topological polar surface area (TPSA) is 183 Å². The van der Waals surface area contributed by atoms with Crippen LogP contribution in [0.5, 0.6) is 0 Å². The predicted molar refractivity (Wildman–Crippen MR) is 220 cm³/mol. The third kappa shape index (κ3) is 8.70. The molecule has 3 aromatic carbocycles. The molecule has 2 atom stereocenters. The van der Waals surface area contributed by atoms with E-state index in [4.69, 9.17) is 19.8 Å². The van der Waals surface area contributed by atoms with Crippen molar-refractivity contribution in [1.29, 1.82) is 5.26 Å². The fourth-order valence-corrected chi connectivity index (χ4v) is 9.01. The highest BCUT2D eigenvalue weighted by atomic mass is 32.2. The molecule has 0 bridgehead atoms. The van der Waals surface area contributed by atoms with Gasteiger partial charge in [-0.05, 0) is 68.6 Å². The number of carboxylic acid groups (broad SMARTS) is 1. The number of nitriles is 1. The number of thiocyanates is 1. The van der Waals surface area contributed by atoms with E-state index in [2.05, 4.69) is 15.8 Å². The van der Waals surface area contributed by atoms with E-state index < -0.39 is 51.9 Å². The first-order valence-electron chi connectivity index (χ1n) is 17.8. The summed E-state index contributed by atoms with van der Waals surface area (Å²) in [6, 6.07) is 28.6. The number of thioether (sulfide) groups is 2. The average Bonchev–Trinajstić information content (AvgIpc) is 3.65. The molecule has 1 aromatic heterocycles. The zero-order chi connectivity index (χ0) is 41.0. The minimum atomic E-state index is -1.64. The van der Waals surface area contributed by atoms with Crippen molar-refractivity contribution in [3.63, 3.8) is 0 Å². The van der Waals surface area contributed by atoms with Crippen molar-refractivity contribution in [2.24, 2.45) is 5.16 Å². The van der Waals surface area contributed by atoms with Crippen molar-refractivity contribution in [3.05, 3.63) is 130 Å². The summed E-state index contributed by atoms with van der Waals surface area (Å²) >= 11 is 3.37. The van der Waals surface area contributed by atoms with E-state index in [1.807, 2.05) is 96.4 Å². The van der Waals surface area contributed by atoms with Gasteiger partial charge in [0.25, 0.3) is 11.8 Å². The summed E-state index contributed by atoms with van der Waals surface area (Å²) < 4.78 is 5.53. The van der Waals surface area contributed by atoms with E-state index in [1.165, 1.54) is 36.9 Å². The molecule has 16 heteroatoms. The molecule has 57 heavy (non-hydrogen) atoms. The van der Waals surface area contributed by atoms with Crippen LogP contribution < -0.4 is 10.6 Å². The second kappa shape index (κ2) is 16.8. The summed E-state index contributed by atoms with van der Waals surface area (Å²) in [6.07, 6.45) is 0. The molecule has 294 valence electrons. The van der Waals surface area contributed by atoms with Gasteiger partial charge in [0.15, 0.2) is 10.8 Å². The first-order chi connectivity index (χ1) is 27.2. The Morgan fingerprint density at radius 3 is 2.04 bits per heavy atom. The lowest BCUT2D eigenvalue weighted by Gasteiger charge is -2.49. The van der Waals surface area contributed by atoms with Gasteiger partial charge in [-0.1, -0.05) is 96.2 Å². The van der Waals surface area contributed by atoms with Crippen molar-refractivity contribution >= 4 is 69.5 Å². The number of esters is 1. The van der Waals surface area contributed by atoms with Gasteiger partial charge < -0.3 is 25.3 Å². The Morgan fingerprint density at radius 1 is 0.965 bits per heavy atom. The number of oxime groups is 1. The van der Waals surface area contributed by atoms with Gasteiger partial charge >= 0.3 is 11.9 Å². The summed E-state index contributed by atoms with van der Waals surface area (Å²) in [5, 5.41) is 32.8. The molecule has 0 aliphatic carbocycles. The molecule has 6 rings (SSSR count). The van der Waals surface area contributed by atoms with Crippen molar-refractivity contribution in [3.8, 4) is 5.40 Å². The summed E-state index contributed by atoms with van der Waals surface area (Å²) in [5.74, 6) is -3.12. The molecular weight excluding hydrogens is 785 g/mol. The molecule has 4 aromatic rings. The molecule has 2 aliphatic heterocycles. The van der Waals surface area contributed by atoms with E-state index in [0.29, 0.717) is 10.7 Å². The van der Waals surface area contributed by atoms with Crippen LogP contribution >= 0.6 is 34.9 Å². The lowest BCUT2D eigenvalue weighted by atomic mass is 9.77. The van der Waals surface area contributed by atoms with Crippen LogP contribution in [0.25, 0.3) is 0 Å². The van der Waals surface area contributed by atoms with Gasteiger partial charge in [-0.25, -0.2) is 14.6 Å². The number of aromatic nitrogens is 1. The number of thiazole rings is 1. The molecule has 13 nitrogen and oxygen atoms in total. The molecular formula is C41H40N6O7S3. The Labute approximate surface area is 342 Å². The summed E-state index contributed by atoms with van der Waals surface area (Å²) in [5.41, 5.74) is -0.617. The zero-order valence-corrected chi connectivity index (χ0v) is 34.2. The Bertz CT molecular complexity index is 2150. The normalized spacial score (nSPS) is 17.2. The van der Waals surface area contributed by atoms with Crippen LogP contribution in [0, 0.1) is 10.7 Å². The number of benzene rings is 3. The smallest absolute Gasteiger partial charge is 0.353 e. The standard InChI is InChI=1S/C41H40N6O7S3/c1-39(2,3)53-37(52)40(4,5)54-46-30(33(48)44-31-34(49)47-32(36(50)51)25(21-55-24-42)22-56-35(31)47)29-23-57-38(43-29)45-41(26-15-9-6-10-16-26,27-17-11-7-12-18-27)28-19-13-8-14-20-28/h6-20,23,31,35H,21-22H2,1-5H3,(H,43,45)(H,44,48)(H,50,51)/b46-30-/t31?,35-/m1/s1. The van der Waals surface area contributed by atoms with Gasteiger partial charge in [0, 0.05) is 16.9 Å². The quantitative estimate of drug-likeness (QED) is 0.0321. The van der Waals surface area contributed by atoms with E-state index in [9.17, 15) is 24.3 Å². The van der Waals surface area contributed by atoms with E-state index in [1.54, 1.807) is 26.2 Å². The number of ether oxygens (including phenoxy) is 1. The number of rotatable bonds is 14. The molecule has 2 amide bonds. The predicted octanol–water partition coefficient (Wildman–Crippen LogP) is 6.34. The van der Waals surface area contributed by atoms with Crippen molar-refractivity contribution in [1.82, 2.24) is 15.2 Å². The molecule has 1 saturated heterocycles. The summed E-state index contributed by atoms with van der Waals surface area (Å²) in [4.78, 5) is 64.8. The van der Waals surface area contributed by atoms with Crippen molar-refractivity contribution < 1.29 is 33.9 Å². The Morgan fingerprint density at radius 2 is 1.53 bits per heavy atom. The third-order valence-corrected chi connectivity index (χ3v) is 11.7. The Hall–Kier alpha value is -5.63. The summed E-state index contributed by atoms with van der Waals surface area (Å²) in [7, 11) is 0. The minimum Gasteiger partial charge on any atom is -0.477 e. The van der Waals surface area contributed by atoms with Crippen molar-refractivity contribution in [2.75, 3.05) is 16.8 Å². The number of amides is 2. The number of carboxylic acids is 1. The van der Waals surface area contributed by atoms with Gasteiger partial charge in [0.2, 0.25) is 5.60 Å². The fraction of sp³-hybridized carbons (Fsp3) is 0.293. The molecule has 3 heterocycles. The number of nitrogens with one attached hydrogen (secondary N) is 2. The number of carbonyl (C=O) groups is 4. The van der Waals surface area contributed by atoms with Crippen LogP contribution in [0.15, 0.2) is 113 Å². The number of β-lactam (4-membered cyclic amide) rings is 1. The van der Waals surface area contributed by atoms with Gasteiger partial charge in [-0.3, -0.25) is 14.5 Å². The van der Waals surface area contributed by atoms with Crippen LogP contribution in [0.3, 0.4) is 0 Å². The molecule has 0 spiro atoms. The zero-order valence-electron chi connectivity index (χ0n) is 31.7. The summed E-state index contributed by atoms with van der Waals surface area (Å²) in [6.45, 7) is 8.05. The van der Waals surface area contributed by atoms with Crippen LogP contribution in [0.1, 0.15) is 57.0 Å². The molecule has 0 radical (unpaired) electrons. The van der Waals surface area contributed by atoms with Crippen LogP contribution in [0.4, 0.5) is 5.13 Å². The third-order valence-electron chi connectivity index (χ3n) is 8.98. The SMILES string of the molecule is CC(C)(C)OC(=O)C(C)(C)O/N=C(\C(=O)NC1C(=O)N2C(C(=O)O)=C(CSC#N)CS[C@H]12)c1csc(NC(c2ccccc2)(c2ccccc2)c2ccccc2)n1. The highest BCUT2D eigenvalue weighted by Crippen LogP contribution is 2.42. The second-order valence-electron chi connectivity index (χ2n) is 14.6. The van der Waals surface area contributed by atoms with Gasteiger partial charge in [0.05, 0.1) is 0 Å². The molecule has 2 aliphatic rings. The van der Waals surface area contributed by atoms with E-state index >= 15 is 0 Å². The highest BCUT2D eigenvalue weighted by Gasteiger charge is 2.54. The largest absolute Gasteiger partial charge is 0.477 e. The fourth-order valence-electron chi connectivity index (χ4n) is 6.31. The molecule has 0 saturated carbocycles. The maximum Gasteiger partial charge on any atom is 0.353 e. The Kier molecular flexibility index (Phi) is 12.1. The highest BCUT2D eigenvalue weighted by molar-refractivity contribution is 8.04. The monoisotopic (exact) mass is 824 g/mol. The Balaban J connectivity index is 1.37. The van der Waals surface area contributed by atoms with Crippen molar-refractivity contribution in [2.45, 2.75) is 62.8 Å². The first-order valence-corrected chi connectivity index (χ1v) is 20.7. The average molecular weight is 825 g/mol. The number of aliphatic carboxylic acids is 1. The molecule has 3 N–H and O–H groups in total. The van der Waals surface area contributed by atoms with Crippen LogP contribution in [-0.4, -0.2) is 78.6 Å². The number of nitrogens with zero attached hydrogens (tertiary/aromatic N) is 4. The van der Waals surface area contributed by atoms with Crippen LogP contribution in [0.2, 0.25) is 0 Å². The van der Waals surface area contributed by atoms with Gasteiger partial charge in [0.1, 0.15) is 39.3 Å². The molecule has 1 fully saturated rings. The lowest BCUT2D eigenvalue weighted by Crippen LogP contribution is -2.71. The number of hydrogen-bond acceptors (Lipinski definition) is 13. The van der Waals surface area contributed by atoms with E-state index in [-0.39, 0.29) is 28.6 Å². The number of hydrogen-bond donors (Lipinski definition) is 3. The first kappa shape index (κ1) is 41.0. The number of anilines is 1. The maximum atomic E-state index is 14.2. The molecule has 1 unspecified atom stereocenters. The second-order valence-corrected chi connectivity index (χ2v) is 17.3. The van der Waals surface area contributed by atoms with E-state index in [0.717, 1.165) is 33.4 Å².